The van der Waals surface area contributed by atoms with Crippen molar-refractivity contribution in [3.8, 4) is 0 Å². The van der Waals surface area contributed by atoms with E-state index in [-0.39, 0.29) is 5.91 Å². The molecule has 0 radical (unpaired) electrons. The van der Waals surface area contributed by atoms with Crippen LogP contribution in [0.5, 0.6) is 0 Å². The van der Waals surface area contributed by atoms with Gasteiger partial charge in [-0.05, 0) is 23.6 Å². The Morgan fingerprint density at radius 2 is 2.32 bits per heavy atom. The van der Waals surface area contributed by atoms with Gasteiger partial charge in [-0.15, -0.1) is 0 Å². The highest BCUT2D eigenvalue weighted by molar-refractivity contribution is 5.97. The van der Waals surface area contributed by atoms with Crippen LogP contribution in [0, 0.1) is 0 Å². The van der Waals surface area contributed by atoms with E-state index in [1.54, 1.807) is 10.9 Å². The molecule has 5 nitrogen and oxygen atoms in total. The molecule has 5 heteroatoms. The Balaban J connectivity index is 1.72. The monoisotopic (exact) mass is 254 g/mol. The van der Waals surface area contributed by atoms with Crippen LogP contribution in [0.1, 0.15) is 15.9 Å². The van der Waals surface area contributed by atoms with Crippen molar-refractivity contribution in [3.05, 3.63) is 54.0 Å². The minimum absolute atomic E-state index is 0.0830. The summed E-state index contributed by atoms with van der Waals surface area (Å²) >= 11 is 0. The second kappa shape index (κ2) is 4.61. The van der Waals surface area contributed by atoms with Crippen molar-refractivity contribution in [2.24, 2.45) is 7.05 Å². The maximum atomic E-state index is 12.0. The molecule has 0 unspecified atom stereocenters. The quantitative estimate of drug-likeness (QED) is 0.749. The molecule has 1 aromatic carbocycles. The third-order valence-electron chi connectivity index (χ3n) is 3.03. The first-order valence-corrected chi connectivity index (χ1v) is 6.05. The normalized spacial score (nSPS) is 10.8. The van der Waals surface area contributed by atoms with Crippen LogP contribution in [0.25, 0.3) is 10.9 Å². The topological polar surface area (TPSA) is 62.7 Å². The van der Waals surface area contributed by atoms with Gasteiger partial charge in [0, 0.05) is 42.6 Å². The van der Waals surface area contributed by atoms with E-state index in [2.05, 4.69) is 15.4 Å². The summed E-state index contributed by atoms with van der Waals surface area (Å²) in [6.07, 6.45) is 5.49. The van der Waals surface area contributed by atoms with Crippen LogP contribution in [-0.2, 0) is 13.6 Å². The van der Waals surface area contributed by atoms with Crippen molar-refractivity contribution in [1.29, 1.82) is 0 Å². The summed E-state index contributed by atoms with van der Waals surface area (Å²) in [4.78, 5) is 15.1. The van der Waals surface area contributed by atoms with Crippen molar-refractivity contribution >= 4 is 16.8 Å². The SMILES string of the molecule is Cn1cc(CNC(=O)c2ccc3cc[nH]c3c2)cn1. The van der Waals surface area contributed by atoms with Gasteiger partial charge < -0.3 is 10.3 Å². The standard InChI is InChI=1S/C14H14N4O/c1-18-9-10(8-17-18)7-16-14(19)12-3-2-11-4-5-15-13(11)6-12/h2-6,8-9,15H,7H2,1H3,(H,16,19). The molecule has 96 valence electrons. The van der Waals surface area contributed by atoms with Crippen molar-refractivity contribution in [2.75, 3.05) is 0 Å². The largest absolute Gasteiger partial charge is 0.361 e. The van der Waals surface area contributed by atoms with E-state index in [0.717, 1.165) is 16.5 Å². The number of hydrogen-bond acceptors (Lipinski definition) is 2. The maximum Gasteiger partial charge on any atom is 0.251 e. The average molecular weight is 254 g/mol. The van der Waals surface area contributed by atoms with Gasteiger partial charge in [-0.25, -0.2) is 0 Å². The van der Waals surface area contributed by atoms with Gasteiger partial charge in [0.1, 0.15) is 0 Å². The first-order chi connectivity index (χ1) is 9.22. The Hall–Kier alpha value is -2.56. The number of aromatic amines is 1. The number of aromatic nitrogens is 3. The zero-order chi connectivity index (χ0) is 13.2. The van der Waals surface area contributed by atoms with Crippen LogP contribution in [0.2, 0.25) is 0 Å². The molecule has 2 N–H and O–H groups in total. The van der Waals surface area contributed by atoms with Crippen molar-refractivity contribution in [2.45, 2.75) is 6.54 Å². The molecule has 0 fully saturated rings. The second-order valence-electron chi connectivity index (χ2n) is 4.48. The minimum atomic E-state index is -0.0830. The van der Waals surface area contributed by atoms with E-state index >= 15 is 0 Å². The number of H-pyrrole nitrogens is 1. The number of carbonyl (C=O) groups is 1. The maximum absolute atomic E-state index is 12.0. The molecule has 0 spiro atoms. The van der Waals surface area contributed by atoms with Gasteiger partial charge in [0.25, 0.3) is 5.91 Å². The van der Waals surface area contributed by atoms with Crippen LogP contribution in [-0.4, -0.2) is 20.7 Å². The molecule has 0 aliphatic carbocycles. The van der Waals surface area contributed by atoms with E-state index in [0.29, 0.717) is 12.1 Å². The van der Waals surface area contributed by atoms with Crippen LogP contribution < -0.4 is 5.32 Å². The number of benzene rings is 1. The molecule has 0 saturated carbocycles. The van der Waals surface area contributed by atoms with Crippen LogP contribution in [0.15, 0.2) is 42.9 Å². The lowest BCUT2D eigenvalue weighted by Crippen LogP contribution is -2.22. The van der Waals surface area contributed by atoms with Gasteiger partial charge >= 0.3 is 0 Å². The Bertz CT molecular complexity index is 726. The van der Waals surface area contributed by atoms with E-state index in [1.165, 1.54) is 0 Å². The zero-order valence-electron chi connectivity index (χ0n) is 10.6. The molecule has 2 heterocycles. The average Bonchev–Trinajstić information content (AvgIpc) is 3.03. The van der Waals surface area contributed by atoms with Gasteiger partial charge in [0.2, 0.25) is 0 Å². The Morgan fingerprint density at radius 1 is 1.42 bits per heavy atom. The summed E-state index contributed by atoms with van der Waals surface area (Å²) < 4.78 is 1.71. The third kappa shape index (κ3) is 2.35. The molecule has 1 amide bonds. The second-order valence-corrected chi connectivity index (χ2v) is 4.48. The van der Waals surface area contributed by atoms with Crippen molar-refractivity contribution in [1.82, 2.24) is 20.1 Å². The summed E-state index contributed by atoms with van der Waals surface area (Å²) in [5.74, 6) is -0.0830. The van der Waals surface area contributed by atoms with Gasteiger partial charge in [0.15, 0.2) is 0 Å². The summed E-state index contributed by atoms with van der Waals surface area (Å²) in [6, 6.07) is 7.60. The number of hydrogen-bond donors (Lipinski definition) is 2. The summed E-state index contributed by atoms with van der Waals surface area (Å²) in [5.41, 5.74) is 2.60. The predicted octanol–water partition coefficient (Wildman–Crippen LogP) is 1.83. The lowest BCUT2D eigenvalue weighted by atomic mass is 10.1. The van der Waals surface area contributed by atoms with Crippen LogP contribution >= 0.6 is 0 Å². The predicted molar refractivity (Wildman–Crippen MR) is 72.7 cm³/mol. The molecule has 0 aliphatic rings. The van der Waals surface area contributed by atoms with Crippen LogP contribution in [0.3, 0.4) is 0 Å². The van der Waals surface area contributed by atoms with Gasteiger partial charge in [-0.1, -0.05) is 6.07 Å². The molecule has 0 bridgehead atoms. The fourth-order valence-electron chi connectivity index (χ4n) is 2.04. The Kier molecular flexibility index (Phi) is 2.79. The number of carbonyl (C=O) groups excluding carboxylic acids is 1. The molecule has 0 saturated heterocycles. The van der Waals surface area contributed by atoms with Gasteiger partial charge in [-0.3, -0.25) is 9.48 Å². The zero-order valence-corrected chi connectivity index (χ0v) is 10.6. The molecule has 3 aromatic rings. The molecular formula is C14H14N4O. The Morgan fingerprint density at radius 3 is 3.11 bits per heavy atom. The van der Waals surface area contributed by atoms with E-state index in [9.17, 15) is 4.79 Å². The molecule has 2 aromatic heterocycles. The van der Waals surface area contributed by atoms with Crippen molar-refractivity contribution < 1.29 is 4.79 Å². The number of rotatable bonds is 3. The van der Waals surface area contributed by atoms with Crippen molar-refractivity contribution in [3.63, 3.8) is 0 Å². The van der Waals surface area contributed by atoms with Gasteiger partial charge in [0.05, 0.1) is 6.20 Å². The number of nitrogens with one attached hydrogen (secondary N) is 2. The molecule has 0 atom stereocenters. The van der Waals surface area contributed by atoms with E-state index in [1.807, 2.05) is 43.7 Å². The lowest BCUT2D eigenvalue weighted by Gasteiger charge is -2.03. The summed E-state index contributed by atoms with van der Waals surface area (Å²) in [6.45, 7) is 0.482. The molecular weight excluding hydrogens is 240 g/mol. The first-order valence-electron chi connectivity index (χ1n) is 6.05. The highest BCUT2D eigenvalue weighted by atomic mass is 16.1. The Labute approximate surface area is 110 Å². The highest BCUT2D eigenvalue weighted by Gasteiger charge is 2.07. The summed E-state index contributed by atoms with van der Waals surface area (Å²) in [7, 11) is 1.85. The molecule has 3 rings (SSSR count). The fraction of sp³-hybridized carbons (Fsp3) is 0.143. The molecule has 19 heavy (non-hydrogen) atoms. The number of nitrogens with zero attached hydrogens (tertiary/aromatic N) is 2. The smallest absolute Gasteiger partial charge is 0.251 e. The highest BCUT2D eigenvalue weighted by Crippen LogP contribution is 2.14. The third-order valence-corrected chi connectivity index (χ3v) is 3.03. The molecule has 0 aliphatic heterocycles. The fourth-order valence-corrected chi connectivity index (χ4v) is 2.04. The van der Waals surface area contributed by atoms with E-state index < -0.39 is 0 Å². The van der Waals surface area contributed by atoms with Crippen LogP contribution in [0.4, 0.5) is 0 Å². The lowest BCUT2D eigenvalue weighted by molar-refractivity contribution is 0.0951. The van der Waals surface area contributed by atoms with E-state index in [4.69, 9.17) is 0 Å². The minimum Gasteiger partial charge on any atom is -0.361 e. The summed E-state index contributed by atoms with van der Waals surface area (Å²) in [5, 5.41) is 8.04. The number of amides is 1. The number of fused-ring (bicyclic) bond motifs is 1. The number of aryl methyl sites for hydroxylation is 1. The van der Waals surface area contributed by atoms with Gasteiger partial charge in [-0.2, -0.15) is 5.10 Å². The first kappa shape index (κ1) is 11.5.